The topological polar surface area (TPSA) is 61.1 Å². The van der Waals surface area contributed by atoms with Crippen LogP contribution in [0.1, 0.15) is 0 Å². The predicted octanol–water partition coefficient (Wildman–Crippen LogP) is 6.45. The number of fused-ring (bicyclic) bond motifs is 2. The number of nitrogens with zero attached hydrogens (tertiary/aromatic N) is 2. The maximum absolute atomic E-state index is 13.0. The number of benzene rings is 4. The molecule has 0 aliphatic heterocycles. The van der Waals surface area contributed by atoms with Gasteiger partial charge in [-0.15, -0.1) is 5.69 Å². The molecule has 0 amide bonds. The molecule has 0 spiro atoms. The molecule has 5 rings (SSSR count). The average molecular weight is 475 g/mol. The molecule has 4 nitrogen and oxygen atoms in total. The second-order valence-electron chi connectivity index (χ2n) is 6.99. The van der Waals surface area contributed by atoms with Crippen LogP contribution in [0.15, 0.2) is 108 Å². The molecule has 6 heteroatoms. The first-order valence-corrected chi connectivity index (χ1v) is 11.0. The minimum atomic E-state index is -3.87. The SMILES string of the molecule is O=S(=O)([N-]c1cccc2cc3ccccc3nc12)c1ccc(-c2ccccc2)cc1.[Zn]. The molecular weight excluding hydrogens is 458 g/mol. The third kappa shape index (κ3) is 4.22. The van der Waals surface area contributed by atoms with Crippen LogP contribution in [-0.4, -0.2) is 13.4 Å². The number of hydrogen-bond donors (Lipinski definition) is 0. The Kier molecular flexibility index (Phi) is 5.86. The largest absolute Gasteiger partial charge is 0.571 e. The normalized spacial score (nSPS) is 11.2. The Morgan fingerprint density at radius 1 is 0.645 bits per heavy atom. The molecule has 1 heterocycles. The number of rotatable bonds is 4. The van der Waals surface area contributed by atoms with Gasteiger partial charge in [-0.3, -0.25) is 0 Å². The van der Waals surface area contributed by atoms with Gasteiger partial charge in [0.1, 0.15) is 10.0 Å². The summed E-state index contributed by atoms with van der Waals surface area (Å²) in [6, 6.07) is 31.7. The van der Waals surface area contributed by atoms with Crippen LogP contribution < -0.4 is 0 Å². The summed E-state index contributed by atoms with van der Waals surface area (Å²) in [5.41, 5.74) is 3.69. The fourth-order valence-corrected chi connectivity index (χ4v) is 4.48. The van der Waals surface area contributed by atoms with Crippen LogP contribution in [0.5, 0.6) is 0 Å². The van der Waals surface area contributed by atoms with Crippen molar-refractivity contribution in [3.05, 3.63) is 108 Å². The number of sulfonamides is 1. The second-order valence-corrected chi connectivity index (χ2v) is 8.59. The Hall–Kier alpha value is -3.08. The molecule has 0 saturated heterocycles. The smallest absolute Gasteiger partial charge is 0.123 e. The quantitative estimate of drug-likeness (QED) is 0.222. The first kappa shape index (κ1) is 21.2. The molecule has 0 N–H and O–H groups in total. The minimum Gasteiger partial charge on any atom is -0.571 e. The zero-order valence-electron chi connectivity index (χ0n) is 16.6. The van der Waals surface area contributed by atoms with E-state index in [9.17, 15) is 8.42 Å². The van der Waals surface area contributed by atoms with Crippen molar-refractivity contribution < 1.29 is 27.9 Å². The molecule has 4 aromatic carbocycles. The molecule has 0 atom stereocenters. The second kappa shape index (κ2) is 8.58. The monoisotopic (exact) mass is 473 g/mol. The Bertz CT molecular complexity index is 1470. The zero-order chi connectivity index (χ0) is 20.6. The number of para-hydroxylation sites is 2. The van der Waals surface area contributed by atoms with E-state index in [0.717, 1.165) is 27.4 Å². The molecular formula is C25H17N2O2SZn-. The third-order valence-corrected chi connectivity index (χ3v) is 6.31. The van der Waals surface area contributed by atoms with Gasteiger partial charge in [-0.25, -0.2) is 13.4 Å². The molecule has 0 aliphatic rings. The van der Waals surface area contributed by atoms with Gasteiger partial charge in [-0.2, -0.15) is 0 Å². The Morgan fingerprint density at radius 3 is 2.06 bits per heavy atom. The van der Waals surface area contributed by atoms with Crippen LogP contribution in [0.3, 0.4) is 0 Å². The van der Waals surface area contributed by atoms with Crippen LogP contribution in [0.2, 0.25) is 0 Å². The molecule has 0 aliphatic carbocycles. The van der Waals surface area contributed by atoms with E-state index in [1.54, 1.807) is 36.4 Å². The molecule has 5 aromatic rings. The predicted molar refractivity (Wildman–Crippen MR) is 121 cm³/mol. The maximum atomic E-state index is 13.0. The summed E-state index contributed by atoms with van der Waals surface area (Å²) in [4.78, 5) is 4.80. The van der Waals surface area contributed by atoms with Crippen LogP contribution in [0, 0.1) is 0 Å². The summed E-state index contributed by atoms with van der Waals surface area (Å²) >= 11 is 0. The van der Waals surface area contributed by atoms with Gasteiger partial charge >= 0.3 is 0 Å². The molecule has 0 unspecified atom stereocenters. The van der Waals surface area contributed by atoms with E-state index >= 15 is 0 Å². The van der Waals surface area contributed by atoms with E-state index < -0.39 is 10.0 Å². The Balaban J connectivity index is 0.00000231. The van der Waals surface area contributed by atoms with Gasteiger partial charge in [0, 0.05) is 24.9 Å². The van der Waals surface area contributed by atoms with Crippen molar-refractivity contribution in [1.29, 1.82) is 0 Å². The fourth-order valence-electron chi connectivity index (χ4n) is 3.49. The molecule has 31 heavy (non-hydrogen) atoms. The Morgan fingerprint density at radius 2 is 1.29 bits per heavy atom. The molecule has 0 fully saturated rings. The molecule has 0 bridgehead atoms. The first-order chi connectivity index (χ1) is 14.6. The van der Waals surface area contributed by atoms with Gasteiger partial charge in [0.25, 0.3) is 0 Å². The summed E-state index contributed by atoms with van der Waals surface area (Å²) < 4.78 is 30.0. The van der Waals surface area contributed by atoms with Gasteiger partial charge in [-0.1, -0.05) is 78.9 Å². The molecule has 0 radical (unpaired) electrons. The van der Waals surface area contributed by atoms with E-state index in [0.29, 0.717) is 11.2 Å². The van der Waals surface area contributed by atoms with Crippen molar-refractivity contribution in [3.63, 3.8) is 0 Å². The summed E-state index contributed by atoms with van der Waals surface area (Å²) in [5, 5.41) is 1.85. The van der Waals surface area contributed by atoms with Crippen LogP contribution >= 0.6 is 0 Å². The van der Waals surface area contributed by atoms with Crippen LogP contribution in [0.4, 0.5) is 5.69 Å². The minimum absolute atomic E-state index is 0. The van der Waals surface area contributed by atoms with E-state index in [2.05, 4.69) is 9.71 Å². The van der Waals surface area contributed by atoms with Crippen molar-refractivity contribution in [2.24, 2.45) is 0 Å². The van der Waals surface area contributed by atoms with Gasteiger partial charge < -0.3 is 4.72 Å². The summed E-state index contributed by atoms with van der Waals surface area (Å²) in [6.45, 7) is 0. The van der Waals surface area contributed by atoms with Crippen molar-refractivity contribution in [2.45, 2.75) is 4.90 Å². The number of aromatic nitrogens is 1. The van der Waals surface area contributed by atoms with Crippen LogP contribution in [-0.2, 0) is 29.5 Å². The van der Waals surface area contributed by atoms with Crippen molar-refractivity contribution in [1.82, 2.24) is 4.98 Å². The molecule has 1 aromatic heterocycles. The summed E-state index contributed by atoms with van der Waals surface area (Å²) in [5.74, 6) is 0. The third-order valence-electron chi connectivity index (χ3n) is 5.00. The van der Waals surface area contributed by atoms with Crippen molar-refractivity contribution >= 4 is 37.5 Å². The van der Waals surface area contributed by atoms with Gasteiger partial charge in [0.2, 0.25) is 0 Å². The zero-order valence-corrected chi connectivity index (χ0v) is 20.4. The van der Waals surface area contributed by atoms with Crippen LogP contribution in [0.25, 0.3) is 37.7 Å². The van der Waals surface area contributed by atoms with Gasteiger partial charge in [-0.05, 0) is 40.8 Å². The summed E-state index contributed by atoms with van der Waals surface area (Å²) in [7, 11) is -3.87. The first-order valence-electron chi connectivity index (χ1n) is 9.52. The van der Waals surface area contributed by atoms with Gasteiger partial charge in [0.15, 0.2) is 0 Å². The number of pyridine rings is 1. The Labute approximate surface area is 193 Å². The van der Waals surface area contributed by atoms with Gasteiger partial charge in [0.05, 0.1) is 15.9 Å². The standard InChI is InChI=1S/C25H17N2O2S.Zn/c28-30(29,22-15-13-19(14-16-22)18-7-2-1-3-8-18)27-24-12-6-10-21-17-20-9-4-5-11-23(20)26-25(21)24;/h1-17H;/q-1;. The van der Waals surface area contributed by atoms with E-state index in [1.807, 2.05) is 66.7 Å². The van der Waals surface area contributed by atoms with Crippen molar-refractivity contribution in [3.8, 4) is 11.1 Å². The number of hydrogen-bond acceptors (Lipinski definition) is 3. The fraction of sp³-hybridized carbons (Fsp3) is 0. The van der Waals surface area contributed by atoms with E-state index in [1.165, 1.54) is 0 Å². The average Bonchev–Trinajstić information content (AvgIpc) is 2.78. The maximum Gasteiger partial charge on any atom is 0.123 e. The van der Waals surface area contributed by atoms with Crippen molar-refractivity contribution in [2.75, 3.05) is 0 Å². The summed E-state index contributed by atoms with van der Waals surface area (Å²) in [6.07, 6.45) is 0. The van der Waals surface area contributed by atoms with E-state index in [4.69, 9.17) is 0 Å². The molecule has 0 saturated carbocycles. The van der Waals surface area contributed by atoms with E-state index in [-0.39, 0.29) is 24.4 Å². The molecule has 148 valence electrons.